The molecule has 0 aliphatic rings. The van der Waals surface area contributed by atoms with Crippen molar-refractivity contribution < 1.29 is 4.79 Å². The summed E-state index contributed by atoms with van der Waals surface area (Å²) in [5, 5.41) is 10.8. The van der Waals surface area contributed by atoms with Crippen LogP contribution in [-0.4, -0.2) is 22.2 Å². The highest BCUT2D eigenvalue weighted by molar-refractivity contribution is 5.93. The average Bonchev–Trinajstić information content (AvgIpc) is 2.87. The minimum absolute atomic E-state index is 0.0453. The number of hydrogen-bond acceptors (Lipinski definition) is 3. The van der Waals surface area contributed by atoms with Gasteiger partial charge in [-0.05, 0) is 43.2 Å². The molecule has 0 saturated carbocycles. The van der Waals surface area contributed by atoms with Gasteiger partial charge in [0, 0.05) is 13.1 Å². The molecule has 0 saturated heterocycles. The van der Waals surface area contributed by atoms with Crippen LogP contribution in [0.5, 0.6) is 0 Å². The quantitative estimate of drug-likeness (QED) is 0.720. The molecule has 2 rings (SSSR count). The Hall–Kier alpha value is -2.14. The largest absolute Gasteiger partial charge is 0.322 e. The number of aryl methyl sites for hydroxylation is 2. The van der Waals surface area contributed by atoms with Gasteiger partial charge in [-0.25, -0.2) is 0 Å². The van der Waals surface area contributed by atoms with Gasteiger partial charge in [0.1, 0.15) is 0 Å². The van der Waals surface area contributed by atoms with Crippen molar-refractivity contribution in [2.24, 2.45) is 13.0 Å². The fraction of sp³-hybridized carbons (Fsp3) is 0.545. The number of hydrogen-bond donors (Lipinski definition) is 2. The summed E-state index contributed by atoms with van der Waals surface area (Å²) in [7, 11) is 1.88. The summed E-state index contributed by atoms with van der Waals surface area (Å²) in [4.78, 5) is 12.5. The summed E-state index contributed by atoms with van der Waals surface area (Å²) in [5.41, 5.74) is 5.19. The van der Waals surface area contributed by atoms with Crippen LogP contribution in [0.15, 0.2) is 24.3 Å². The first-order valence-electron chi connectivity index (χ1n) is 9.87. The summed E-state index contributed by atoms with van der Waals surface area (Å²) < 4.78 is 1.79. The first-order valence-corrected chi connectivity index (χ1v) is 9.87. The van der Waals surface area contributed by atoms with Crippen molar-refractivity contribution in [1.29, 1.82) is 0 Å². The normalized spacial score (nSPS) is 13.6. The predicted octanol–water partition coefficient (Wildman–Crippen LogP) is 4.48. The molecule has 27 heavy (non-hydrogen) atoms. The van der Waals surface area contributed by atoms with Crippen molar-refractivity contribution in [3.05, 3.63) is 46.8 Å². The topological polar surface area (TPSA) is 59.0 Å². The first-order chi connectivity index (χ1) is 12.7. The van der Waals surface area contributed by atoms with Gasteiger partial charge in [0.15, 0.2) is 0 Å². The smallest absolute Gasteiger partial charge is 0.238 e. The zero-order chi connectivity index (χ0) is 20.1. The lowest BCUT2D eigenvalue weighted by molar-refractivity contribution is -0.115. The molecule has 5 heteroatoms. The van der Waals surface area contributed by atoms with Crippen molar-refractivity contribution in [3.63, 3.8) is 0 Å². The third-order valence-electron chi connectivity index (χ3n) is 5.40. The molecule has 0 aliphatic carbocycles. The van der Waals surface area contributed by atoms with Crippen LogP contribution >= 0.6 is 0 Å². The van der Waals surface area contributed by atoms with E-state index in [0.29, 0.717) is 11.8 Å². The molecule has 0 radical (unpaired) electrons. The van der Waals surface area contributed by atoms with Gasteiger partial charge in [-0.15, -0.1) is 0 Å². The van der Waals surface area contributed by atoms with Gasteiger partial charge in [0.25, 0.3) is 0 Å². The van der Waals surface area contributed by atoms with E-state index in [1.54, 1.807) is 4.68 Å². The van der Waals surface area contributed by atoms with E-state index in [2.05, 4.69) is 67.7 Å². The second-order valence-corrected chi connectivity index (χ2v) is 7.80. The van der Waals surface area contributed by atoms with Crippen LogP contribution in [-0.2, 0) is 11.8 Å². The summed E-state index contributed by atoms with van der Waals surface area (Å²) in [5.74, 6) is 0.909. The lowest BCUT2D eigenvalue weighted by Crippen LogP contribution is -2.33. The van der Waals surface area contributed by atoms with Gasteiger partial charge in [-0.1, -0.05) is 52.0 Å². The molecule has 1 heterocycles. The number of amides is 1. The minimum atomic E-state index is -0.0453. The second kappa shape index (κ2) is 9.18. The molecule has 148 valence electrons. The lowest BCUT2D eigenvalue weighted by atomic mass is 9.92. The van der Waals surface area contributed by atoms with Gasteiger partial charge < -0.3 is 10.6 Å². The Labute approximate surface area is 163 Å². The fourth-order valence-electron chi connectivity index (χ4n) is 3.35. The Kier molecular flexibility index (Phi) is 7.19. The number of carbonyl (C=O) groups excluding carboxylic acids is 1. The highest BCUT2D eigenvalue weighted by Gasteiger charge is 2.18. The average molecular weight is 371 g/mol. The highest BCUT2D eigenvalue weighted by Crippen LogP contribution is 2.25. The van der Waals surface area contributed by atoms with Crippen molar-refractivity contribution in [3.8, 4) is 0 Å². The maximum absolute atomic E-state index is 12.5. The Morgan fingerprint density at radius 1 is 1.11 bits per heavy atom. The summed E-state index contributed by atoms with van der Waals surface area (Å²) in [6.07, 6.45) is 1.14. The van der Waals surface area contributed by atoms with Crippen LogP contribution in [0, 0.1) is 19.8 Å². The van der Waals surface area contributed by atoms with E-state index in [-0.39, 0.29) is 18.5 Å². The maximum Gasteiger partial charge on any atom is 0.238 e. The van der Waals surface area contributed by atoms with Crippen LogP contribution in [0.3, 0.4) is 0 Å². The molecule has 2 N–H and O–H groups in total. The van der Waals surface area contributed by atoms with Crippen molar-refractivity contribution in [2.75, 3.05) is 11.9 Å². The maximum atomic E-state index is 12.5. The van der Waals surface area contributed by atoms with Gasteiger partial charge in [0.05, 0.1) is 23.6 Å². The van der Waals surface area contributed by atoms with Crippen LogP contribution in [0.1, 0.15) is 68.6 Å². The fourth-order valence-corrected chi connectivity index (χ4v) is 3.35. The number of aromatic nitrogens is 2. The zero-order valence-electron chi connectivity index (χ0n) is 17.8. The molecule has 1 aromatic carbocycles. The number of anilines is 1. The number of nitrogens with one attached hydrogen (secondary N) is 2. The van der Waals surface area contributed by atoms with Gasteiger partial charge in [-0.2, -0.15) is 5.10 Å². The molecule has 1 aromatic heterocycles. The number of carbonyl (C=O) groups is 1. The number of nitrogens with zero attached hydrogens (tertiary/aromatic N) is 2. The van der Waals surface area contributed by atoms with Crippen LogP contribution in [0.25, 0.3) is 0 Å². The molecule has 2 aromatic rings. The van der Waals surface area contributed by atoms with Crippen LogP contribution < -0.4 is 10.6 Å². The zero-order valence-corrected chi connectivity index (χ0v) is 17.8. The van der Waals surface area contributed by atoms with E-state index in [1.807, 2.05) is 20.9 Å². The molecule has 0 fully saturated rings. The Morgan fingerprint density at radius 3 is 2.19 bits per heavy atom. The van der Waals surface area contributed by atoms with E-state index in [0.717, 1.165) is 23.5 Å². The van der Waals surface area contributed by atoms with E-state index in [9.17, 15) is 4.79 Å². The molecule has 0 unspecified atom stereocenters. The first kappa shape index (κ1) is 21.2. The van der Waals surface area contributed by atoms with Gasteiger partial charge in [0.2, 0.25) is 5.91 Å². The Bertz CT molecular complexity index is 761. The van der Waals surface area contributed by atoms with E-state index in [4.69, 9.17) is 0 Å². The summed E-state index contributed by atoms with van der Waals surface area (Å²) >= 11 is 0. The third kappa shape index (κ3) is 5.19. The summed E-state index contributed by atoms with van der Waals surface area (Å²) in [6.45, 7) is 12.9. The van der Waals surface area contributed by atoms with E-state index in [1.165, 1.54) is 11.1 Å². The molecule has 0 spiro atoms. The van der Waals surface area contributed by atoms with Crippen LogP contribution in [0.4, 0.5) is 5.69 Å². The highest BCUT2D eigenvalue weighted by atomic mass is 16.1. The van der Waals surface area contributed by atoms with Gasteiger partial charge in [-0.3, -0.25) is 9.48 Å². The van der Waals surface area contributed by atoms with Crippen molar-refractivity contribution in [1.82, 2.24) is 15.1 Å². The summed E-state index contributed by atoms with van der Waals surface area (Å²) in [6, 6.07) is 8.93. The molecular weight excluding hydrogens is 336 g/mol. The van der Waals surface area contributed by atoms with E-state index < -0.39 is 0 Å². The third-order valence-corrected chi connectivity index (χ3v) is 5.40. The Morgan fingerprint density at radius 2 is 1.70 bits per heavy atom. The number of benzene rings is 1. The van der Waals surface area contributed by atoms with Crippen molar-refractivity contribution >= 4 is 11.6 Å². The Balaban J connectivity index is 2.03. The predicted molar refractivity (Wildman–Crippen MR) is 112 cm³/mol. The van der Waals surface area contributed by atoms with Crippen molar-refractivity contribution in [2.45, 2.75) is 59.9 Å². The number of rotatable bonds is 8. The molecule has 1 amide bonds. The monoisotopic (exact) mass is 370 g/mol. The standard InChI is InChI=1S/C22H34N4O/c1-8-15(4)18-9-11-19(12-10-18)21(14(2)3)23-13-20(27)24-22-16(5)25-26(7)17(22)6/h9-12,14-15,21,23H,8,13H2,1-7H3,(H,24,27)/t15-,21+/m1/s1. The molecule has 2 atom stereocenters. The molecule has 5 nitrogen and oxygen atoms in total. The SMILES string of the molecule is CC[C@@H](C)c1ccc([C@@H](NCC(=O)Nc2c(C)nn(C)c2C)C(C)C)cc1. The van der Waals surface area contributed by atoms with E-state index >= 15 is 0 Å². The second-order valence-electron chi connectivity index (χ2n) is 7.80. The van der Waals surface area contributed by atoms with Crippen LogP contribution in [0.2, 0.25) is 0 Å². The molecular formula is C22H34N4O. The van der Waals surface area contributed by atoms with Gasteiger partial charge >= 0.3 is 0 Å². The lowest BCUT2D eigenvalue weighted by Gasteiger charge is -2.23. The minimum Gasteiger partial charge on any atom is -0.322 e. The molecule has 0 bridgehead atoms. The molecule has 0 aliphatic heterocycles.